The number of carbonyl (C=O) groups excluding carboxylic acids is 2. The SMILES string of the molecule is COC(=O)/C(=C/c1ccccc1)NC(=O)[C@H](C)NS(=O)(=O)c1ccc(C)cc1. The van der Waals surface area contributed by atoms with Crippen molar-refractivity contribution in [2.75, 3.05) is 7.11 Å². The van der Waals surface area contributed by atoms with Gasteiger partial charge in [0.15, 0.2) is 0 Å². The third-order valence-corrected chi connectivity index (χ3v) is 5.39. The van der Waals surface area contributed by atoms with E-state index in [-0.39, 0.29) is 10.6 Å². The molecule has 0 spiro atoms. The summed E-state index contributed by atoms with van der Waals surface area (Å²) in [7, 11) is -2.70. The highest BCUT2D eigenvalue weighted by molar-refractivity contribution is 7.89. The molecule has 1 atom stereocenters. The number of hydrogen-bond donors (Lipinski definition) is 2. The Kier molecular flexibility index (Phi) is 7.08. The van der Waals surface area contributed by atoms with Gasteiger partial charge in [0, 0.05) is 0 Å². The Labute approximate surface area is 164 Å². The molecule has 7 nitrogen and oxygen atoms in total. The van der Waals surface area contributed by atoms with Crippen LogP contribution < -0.4 is 10.0 Å². The van der Waals surface area contributed by atoms with Gasteiger partial charge in [0.25, 0.3) is 0 Å². The second-order valence-electron chi connectivity index (χ2n) is 6.11. The van der Waals surface area contributed by atoms with Crippen LogP contribution in [0.25, 0.3) is 6.08 Å². The van der Waals surface area contributed by atoms with Crippen molar-refractivity contribution >= 4 is 28.0 Å². The zero-order chi connectivity index (χ0) is 20.7. The van der Waals surface area contributed by atoms with Crippen molar-refractivity contribution in [3.8, 4) is 0 Å². The minimum absolute atomic E-state index is 0.0470. The highest BCUT2D eigenvalue weighted by Gasteiger charge is 2.24. The number of ether oxygens (including phenoxy) is 1. The molecule has 0 aliphatic heterocycles. The van der Waals surface area contributed by atoms with Gasteiger partial charge >= 0.3 is 5.97 Å². The van der Waals surface area contributed by atoms with Gasteiger partial charge in [-0.1, -0.05) is 48.0 Å². The second-order valence-corrected chi connectivity index (χ2v) is 7.82. The van der Waals surface area contributed by atoms with Crippen LogP contribution in [0.4, 0.5) is 0 Å². The second kappa shape index (κ2) is 9.29. The highest BCUT2D eigenvalue weighted by Crippen LogP contribution is 2.11. The lowest BCUT2D eigenvalue weighted by Gasteiger charge is -2.15. The van der Waals surface area contributed by atoms with Crippen molar-refractivity contribution in [2.24, 2.45) is 0 Å². The number of aryl methyl sites for hydroxylation is 1. The van der Waals surface area contributed by atoms with Gasteiger partial charge in [0.1, 0.15) is 5.70 Å². The Bertz CT molecular complexity index is 967. The molecule has 0 aliphatic rings. The number of rotatable bonds is 7. The molecule has 0 unspecified atom stereocenters. The standard InChI is InChI=1S/C20H22N2O5S/c1-14-9-11-17(12-10-14)28(25,26)22-15(2)19(23)21-18(20(24)27-3)13-16-7-5-4-6-8-16/h4-13,15,22H,1-3H3,(H,21,23)/b18-13-/t15-/m0/s1. The summed E-state index contributed by atoms with van der Waals surface area (Å²) in [4.78, 5) is 24.5. The molecule has 0 bridgehead atoms. The molecule has 0 aliphatic carbocycles. The van der Waals surface area contributed by atoms with Gasteiger partial charge in [-0.15, -0.1) is 0 Å². The Balaban J connectivity index is 2.15. The first-order valence-electron chi connectivity index (χ1n) is 8.48. The number of sulfonamides is 1. The number of methoxy groups -OCH3 is 1. The Morgan fingerprint density at radius 3 is 2.21 bits per heavy atom. The van der Waals surface area contributed by atoms with Gasteiger partial charge < -0.3 is 10.1 Å². The molecule has 2 rings (SSSR count). The molecule has 28 heavy (non-hydrogen) atoms. The predicted octanol–water partition coefficient (Wildman–Crippen LogP) is 1.99. The van der Waals surface area contributed by atoms with Crippen LogP contribution in [0.3, 0.4) is 0 Å². The molecule has 148 valence electrons. The molecule has 2 N–H and O–H groups in total. The maximum absolute atomic E-state index is 12.4. The van der Waals surface area contributed by atoms with Crippen molar-refractivity contribution in [3.05, 3.63) is 71.4 Å². The van der Waals surface area contributed by atoms with Crippen molar-refractivity contribution in [1.82, 2.24) is 10.0 Å². The van der Waals surface area contributed by atoms with E-state index in [2.05, 4.69) is 14.8 Å². The molecular formula is C20H22N2O5S. The fraction of sp³-hybridized carbons (Fsp3) is 0.200. The van der Waals surface area contributed by atoms with E-state index in [9.17, 15) is 18.0 Å². The van der Waals surface area contributed by atoms with Gasteiger partial charge in [0.05, 0.1) is 18.0 Å². The summed E-state index contributed by atoms with van der Waals surface area (Å²) in [5, 5.41) is 2.42. The summed E-state index contributed by atoms with van der Waals surface area (Å²) >= 11 is 0. The number of amides is 1. The van der Waals surface area contributed by atoms with Crippen LogP contribution >= 0.6 is 0 Å². The zero-order valence-corrected chi connectivity index (χ0v) is 16.6. The Morgan fingerprint density at radius 2 is 1.64 bits per heavy atom. The summed E-state index contributed by atoms with van der Waals surface area (Å²) < 4.78 is 31.8. The summed E-state index contributed by atoms with van der Waals surface area (Å²) in [6.07, 6.45) is 1.45. The first-order chi connectivity index (χ1) is 13.2. The first kappa shape index (κ1) is 21.3. The van der Waals surface area contributed by atoms with E-state index in [1.165, 1.54) is 32.2 Å². The molecule has 2 aromatic carbocycles. The Hall–Kier alpha value is -2.97. The normalized spacial score (nSPS) is 12.9. The Morgan fingerprint density at radius 1 is 1.04 bits per heavy atom. The summed E-state index contributed by atoms with van der Waals surface area (Å²) in [5.74, 6) is -1.44. The monoisotopic (exact) mass is 402 g/mol. The number of esters is 1. The number of nitrogens with one attached hydrogen (secondary N) is 2. The minimum Gasteiger partial charge on any atom is -0.464 e. The lowest BCUT2D eigenvalue weighted by molar-refractivity contribution is -0.137. The van der Waals surface area contributed by atoms with Crippen LogP contribution in [-0.4, -0.2) is 33.4 Å². The maximum Gasteiger partial charge on any atom is 0.354 e. The predicted molar refractivity (Wildman–Crippen MR) is 106 cm³/mol. The number of carbonyl (C=O) groups is 2. The van der Waals surface area contributed by atoms with E-state index in [0.29, 0.717) is 5.56 Å². The number of hydrogen-bond acceptors (Lipinski definition) is 5. The molecule has 2 aromatic rings. The zero-order valence-electron chi connectivity index (χ0n) is 15.8. The molecule has 1 amide bonds. The summed E-state index contributed by atoms with van der Waals surface area (Å²) in [6.45, 7) is 3.23. The van der Waals surface area contributed by atoms with Crippen LogP contribution in [0.5, 0.6) is 0 Å². The van der Waals surface area contributed by atoms with Crippen molar-refractivity contribution < 1.29 is 22.7 Å². The highest BCUT2D eigenvalue weighted by atomic mass is 32.2. The van der Waals surface area contributed by atoms with Crippen molar-refractivity contribution in [2.45, 2.75) is 24.8 Å². The average Bonchev–Trinajstić information content (AvgIpc) is 2.67. The smallest absolute Gasteiger partial charge is 0.354 e. The van der Waals surface area contributed by atoms with Crippen LogP contribution in [-0.2, 0) is 24.3 Å². The van der Waals surface area contributed by atoms with E-state index >= 15 is 0 Å². The average molecular weight is 402 g/mol. The van der Waals surface area contributed by atoms with E-state index in [1.54, 1.807) is 36.4 Å². The van der Waals surface area contributed by atoms with Crippen LogP contribution in [0.1, 0.15) is 18.1 Å². The quantitative estimate of drug-likeness (QED) is 0.545. The van der Waals surface area contributed by atoms with Gasteiger partial charge in [-0.05, 0) is 37.6 Å². The van der Waals surface area contributed by atoms with Crippen LogP contribution in [0.2, 0.25) is 0 Å². The molecule has 0 radical (unpaired) electrons. The molecule has 0 saturated heterocycles. The number of benzene rings is 2. The van der Waals surface area contributed by atoms with Crippen LogP contribution in [0.15, 0.2) is 65.2 Å². The fourth-order valence-corrected chi connectivity index (χ4v) is 3.49. The lowest BCUT2D eigenvalue weighted by Crippen LogP contribution is -2.45. The molecule has 0 heterocycles. The molecule has 8 heteroatoms. The van der Waals surface area contributed by atoms with E-state index < -0.39 is 27.9 Å². The van der Waals surface area contributed by atoms with E-state index in [4.69, 9.17) is 0 Å². The molecule has 0 aromatic heterocycles. The van der Waals surface area contributed by atoms with E-state index in [1.807, 2.05) is 13.0 Å². The largest absolute Gasteiger partial charge is 0.464 e. The third kappa shape index (κ3) is 5.77. The van der Waals surface area contributed by atoms with Crippen molar-refractivity contribution in [1.29, 1.82) is 0 Å². The summed E-state index contributed by atoms with van der Waals surface area (Å²) in [6, 6.07) is 14.0. The summed E-state index contributed by atoms with van der Waals surface area (Å²) in [5.41, 5.74) is 1.50. The van der Waals surface area contributed by atoms with Gasteiger partial charge in [-0.25, -0.2) is 13.2 Å². The first-order valence-corrected chi connectivity index (χ1v) is 9.96. The van der Waals surface area contributed by atoms with Gasteiger partial charge in [-0.3, -0.25) is 4.79 Å². The third-order valence-electron chi connectivity index (χ3n) is 3.83. The molecule has 0 saturated carbocycles. The van der Waals surface area contributed by atoms with Gasteiger partial charge in [-0.2, -0.15) is 4.72 Å². The fourth-order valence-electron chi connectivity index (χ4n) is 2.28. The molecule has 0 fully saturated rings. The van der Waals surface area contributed by atoms with Crippen molar-refractivity contribution in [3.63, 3.8) is 0 Å². The van der Waals surface area contributed by atoms with E-state index in [0.717, 1.165) is 5.56 Å². The minimum atomic E-state index is -3.89. The molecular weight excluding hydrogens is 380 g/mol. The lowest BCUT2D eigenvalue weighted by atomic mass is 10.2. The van der Waals surface area contributed by atoms with Gasteiger partial charge in [0.2, 0.25) is 15.9 Å². The maximum atomic E-state index is 12.4. The van der Waals surface area contributed by atoms with Crippen LogP contribution in [0, 0.1) is 6.92 Å². The topological polar surface area (TPSA) is 102 Å².